The first-order valence-electron chi connectivity index (χ1n) is 6.73. The molecule has 0 unspecified atom stereocenters. The van der Waals surface area contributed by atoms with Gasteiger partial charge in [-0.1, -0.05) is 17.7 Å². The van der Waals surface area contributed by atoms with Crippen LogP contribution >= 0.6 is 0 Å². The molecule has 18 heavy (non-hydrogen) atoms. The minimum atomic E-state index is -0.482. The maximum atomic E-state index is 10.0. The normalized spacial score (nSPS) is 19.0. The van der Waals surface area contributed by atoms with Crippen LogP contribution in [0.1, 0.15) is 30.9 Å². The van der Waals surface area contributed by atoms with Crippen molar-refractivity contribution in [2.24, 2.45) is 0 Å². The highest BCUT2D eigenvalue weighted by molar-refractivity contribution is 5.55. The lowest BCUT2D eigenvalue weighted by molar-refractivity contribution is 0.0351. The van der Waals surface area contributed by atoms with Crippen LogP contribution in [0.5, 0.6) is 0 Å². The van der Waals surface area contributed by atoms with Gasteiger partial charge in [0.25, 0.3) is 0 Å². The summed E-state index contributed by atoms with van der Waals surface area (Å²) >= 11 is 0. The van der Waals surface area contributed by atoms with Gasteiger partial charge in [0.15, 0.2) is 0 Å². The highest BCUT2D eigenvalue weighted by atomic mass is 16.3. The van der Waals surface area contributed by atoms with Crippen LogP contribution in [0.4, 0.5) is 5.69 Å². The van der Waals surface area contributed by atoms with Gasteiger partial charge < -0.3 is 15.3 Å². The third kappa shape index (κ3) is 3.03. The van der Waals surface area contributed by atoms with E-state index in [1.807, 2.05) is 14.0 Å². The molecule has 1 saturated heterocycles. The molecule has 3 nitrogen and oxygen atoms in total. The number of aliphatic hydroxyl groups is 1. The first kappa shape index (κ1) is 13.4. The Bertz CT molecular complexity index is 405. The molecular weight excluding hydrogens is 224 g/mol. The highest BCUT2D eigenvalue weighted by Gasteiger charge is 2.28. The van der Waals surface area contributed by atoms with E-state index in [1.54, 1.807) is 0 Å². The molecule has 0 atom stereocenters. The third-order valence-corrected chi connectivity index (χ3v) is 3.78. The number of anilines is 1. The topological polar surface area (TPSA) is 35.5 Å². The predicted molar refractivity (Wildman–Crippen MR) is 76.0 cm³/mol. The second kappa shape index (κ2) is 5.29. The summed E-state index contributed by atoms with van der Waals surface area (Å²) in [5.41, 5.74) is 3.47. The molecule has 0 amide bonds. The molecule has 1 aromatic carbocycles. The molecule has 1 aliphatic heterocycles. The summed E-state index contributed by atoms with van der Waals surface area (Å²) in [6, 6.07) is 6.63. The zero-order chi connectivity index (χ0) is 13.2. The van der Waals surface area contributed by atoms with Crippen molar-refractivity contribution in [3.63, 3.8) is 0 Å². The van der Waals surface area contributed by atoms with Crippen molar-refractivity contribution in [1.29, 1.82) is 0 Å². The van der Waals surface area contributed by atoms with E-state index < -0.39 is 5.60 Å². The largest absolute Gasteiger partial charge is 0.390 e. The van der Waals surface area contributed by atoms with Crippen molar-refractivity contribution >= 4 is 5.69 Å². The van der Waals surface area contributed by atoms with Crippen LogP contribution < -0.4 is 10.2 Å². The summed E-state index contributed by atoms with van der Waals surface area (Å²) in [6.07, 6.45) is 1.69. The fraction of sp³-hybridized carbons (Fsp3) is 0.600. The van der Waals surface area contributed by atoms with Gasteiger partial charge in [0.2, 0.25) is 0 Å². The first-order chi connectivity index (χ1) is 8.52. The molecule has 2 N–H and O–H groups in total. The number of rotatable bonds is 3. The zero-order valence-electron chi connectivity index (χ0n) is 11.7. The third-order valence-electron chi connectivity index (χ3n) is 3.78. The average Bonchev–Trinajstić information content (AvgIpc) is 2.31. The minimum absolute atomic E-state index is 0.482. The van der Waals surface area contributed by atoms with E-state index in [4.69, 9.17) is 0 Å². The number of hydrogen-bond donors (Lipinski definition) is 2. The number of piperidine rings is 1. The van der Waals surface area contributed by atoms with Crippen LogP contribution in [0.3, 0.4) is 0 Å². The van der Waals surface area contributed by atoms with Crippen LogP contribution in [0.25, 0.3) is 0 Å². The lowest BCUT2D eigenvalue weighted by Crippen LogP contribution is -2.42. The second-order valence-electron chi connectivity index (χ2n) is 5.65. The van der Waals surface area contributed by atoms with Crippen molar-refractivity contribution < 1.29 is 5.11 Å². The van der Waals surface area contributed by atoms with Gasteiger partial charge >= 0.3 is 0 Å². The van der Waals surface area contributed by atoms with Crippen molar-refractivity contribution in [3.8, 4) is 0 Å². The number of nitrogens with zero attached hydrogens (tertiary/aromatic N) is 1. The number of aryl methyl sites for hydroxylation is 1. The number of benzene rings is 1. The summed E-state index contributed by atoms with van der Waals surface area (Å²) in [4.78, 5) is 2.39. The molecule has 0 aromatic heterocycles. The summed E-state index contributed by atoms with van der Waals surface area (Å²) in [6.45, 7) is 6.83. The van der Waals surface area contributed by atoms with E-state index in [1.165, 1.54) is 16.8 Å². The monoisotopic (exact) mass is 248 g/mol. The van der Waals surface area contributed by atoms with Crippen molar-refractivity contribution in [2.75, 3.05) is 25.0 Å². The molecular formula is C15H24N2O. The molecule has 0 aliphatic carbocycles. The standard InChI is InChI=1S/C15H24N2O/c1-12-4-5-14(13(10-12)11-16-3)17-8-6-15(2,18)7-9-17/h4-5,10,16,18H,6-9,11H2,1-3H3. The Morgan fingerprint density at radius 2 is 2.00 bits per heavy atom. The van der Waals surface area contributed by atoms with Gasteiger partial charge in [-0.05, 0) is 45.4 Å². The highest BCUT2D eigenvalue weighted by Crippen LogP contribution is 2.28. The van der Waals surface area contributed by atoms with Gasteiger partial charge in [0, 0.05) is 25.3 Å². The van der Waals surface area contributed by atoms with Crippen molar-refractivity contribution in [3.05, 3.63) is 29.3 Å². The molecule has 0 bridgehead atoms. The molecule has 100 valence electrons. The summed E-state index contributed by atoms with van der Waals surface area (Å²) < 4.78 is 0. The molecule has 1 heterocycles. The van der Waals surface area contributed by atoms with Gasteiger partial charge in [-0.25, -0.2) is 0 Å². The summed E-state index contributed by atoms with van der Waals surface area (Å²) in [5.74, 6) is 0. The van der Waals surface area contributed by atoms with E-state index in [2.05, 4.69) is 35.3 Å². The summed E-state index contributed by atoms with van der Waals surface area (Å²) in [5, 5.41) is 13.2. The van der Waals surface area contributed by atoms with Crippen molar-refractivity contribution in [1.82, 2.24) is 5.32 Å². The Morgan fingerprint density at radius 1 is 1.33 bits per heavy atom. The number of hydrogen-bond acceptors (Lipinski definition) is 3. The van der Waals surface area contributed by atoms with Crippen LogP contribution in [0.2, 0.25) is 0 Å². The van der Waals surface area contributed by atoms with Gasteiger partial charge in [-0.2, -0.15) is 0 Å². The Balaban J connectivity index is 2.18. The average molecular weight is 248 g/mol. The molecule has 1 aliphatic rings. The lowest BCUT2D eigenvalue weighted by atomic mass is 9.93. The number of nitrogens with one attached hydrogen (secondary N) is 1. The van der Waals surface area contributed by atoms with Crippen LogP contribution in [-0.2, 0) is 6.54 Å². The molecule has 0 radical (unpaired) electrons. The van der Waals surface area contributed by atoms with E-state index in [-0.39, 0.29) is 0 Å². The van der Waals surface area contributed by atoms with Crippen LogP contribution in [0.15, 0.2) is 18.2 Å². The maximum absolute atomic E-state index is 10.0. The minimum Gasteiger partial charge on any atom is -0.390 e. The van der Waals surface area contributed by atoms with Crippen LogP contribution in [-0.4, -0.2) is 30.8 Å². The molecule has 2 rings (SSSR count). The van der Waals surface area contributed by atoms with Gasteiger partial charge in [0.05, 0.1) is 5.60 Å². The van der Waals surface area contributed by atoms with Gasteiger partial charge in [0.1, 0.15) is 0 Å². The van der Waals surface area contributed by atoms with E-state index in [9.17, 15) is 5.11 Å². The van der Waals surface area contributed by atoms with E-state index >= 15 is 0 Å². The molecule has 1 fully saturated rings. The van der Waals surface area contributed by atoms with Crippen molar-refractivity contribution in [2.45, 2.75) is 38.8 Å². The first-order valence-corrected chi connectivity index (χ1v) is 6.73. The SMILES string of the molecule is CNCc1cc(C)ccc1N1CCC(C)(O)CC1. The maximum Gasteiger partial charge on any atom is 0.0653 e. The van der Waals surface area contributed by atoms with Gasteiger partial charge in [-0.3, -0.25) is 0 Å². The predicted octanol–water partition coefficient (Wildman–Crippen LogP) is 2.07. The lowest BCUT2D eigenvalue weighted by Gasteiger charge is -2.38. The second-order valence-corrected chi connectivity index (χ2v) is 5.65. The Hall–Kier alpha value is -1.06. The smallest absolute Gasteiger partial charge is 0.0653 e. The molecule has 1 aromatic rings. The molecule has 0 spiro atoms. The molecule has 3 heteroatoms. The van der Waals surface area contributed by atoms with E-state index in [0.717, 1.165) is 32.5 Å². The van der Waals surface area contributed by atoms with Gasteiger partial charge in [-0.15, -0.1) is 0 Å². The zero-order valence-corrected chi connectivity index (χ0v) is 11.7. The Morgan fingerprint density at radius 3 is 2.61 bits per heavy atom. The fourth-order valence-electron chi connectivity index (χ4n) is 2.58. The summed E-state index contributed by atoms with van der Waals surface area (Å²) in [7, 11) is 1.98. The van der Waals surface area contributed by atoms with Crippen LogP contribution in [0, 0.1) is 6.92 Å². The molecule has 0 saturated carbocycles. The quantitative estimate of drug-likeness (QED) is 0.859. The Kier molecular flexibility index (Phi) is 3.93. The Labute approximate surface area is 110 Å². The fourth-order valence-corrected chi connectivity index (χ4v) is 2.58. The van der Waals surface area contributed by atoms with E-state index in [0.29, 0.717) is 0 Å².